The second kappa shape index (κ2) is 5.34. The molecule has 2 aromatic rings. The third-order valence-electron chi connectivity index (χ3n) is 2.97. The summed E-state index contributed by atoms with van der Waals surface area (Å²) in [7, 11) is 0. The summed E-state index contributed by atoms with van der Waals surface area (Å²) in [4.78, 5) is 8.11. The number of likely N-dealkylation sites (tertiary alicyclic amines) is 1. The van der Waals surface area contributed by atoms with Crippen LogP contribution in [0.5, 0.6) is 0 Å². The summed E-state index contributed by atoms with van der Waals surface area (Å²) in [6.45, 7) is 3.48. The van der Waals surface area contributed by atoms with E-state index in [4.69, 9.17) is 0 Å². The lowest BCUT2D eigenvalue weighted by Crippen LogP contribution is -2.35. The number of thiazole rings is 1. The fourth-order valence-corrected chi connectivity index (χ4v) is 2.65. The van der Waals surface area contributed by atoms with Gasteiger partial charge >= 0.3 is 0 Å². The Hall–Kier alpha value is -1.63. The van der Waals surface area contributed by atoms with Crippen LogP contribution < -0.4 is 0 Å². The van der Waals surface area contributed by atoms with Crippen molar-refractivity contribution in [2.24, 2.45) is 0 Å². The van der Waals surface area contributed by atoms with E-state index >= 15 is 0 Å². The van der Waals surface area contributed by atoms with Gasteiger partial charge in [-0.25, -0.2) is 4.98 Å². The molecule has 0 bridgehead atoms. The molecule has 2 nitrogen and oxygen atoms in total. The van der Waals surface area contributed by atoms with Crippen LogP contribution in [0.1, 0.15) is 21.9 Å². The number of benzene rings is 1. The van der Waals surface area contributed by atoms with Gasteiger partial charge in [0.15, 0.2) is 5.01 Å². The quantitative estimate of drug-likeness (QED) is 0.766. The summed E-state index contributed by atoms with van der Waals surface area (Å²) in [5.74, 6) is 6.27. The van der Waals surface area contributed by atoms with Crippen LogP contribution in [0.25, 0.3) is 0 Å². The lowest BCUT2D eigenvalue weighted by molar-refractivity contribution is 0.174. The first-order valence-corrected chi connectivity index (χ1v) is 6.96. The van der Waals surface area contributed by atoms with E-state index in [1.165, 1.54) is 24.4 Å². The van der Waals surface area contributed by atoms with Crippen LogP contribution in [-0.2, 0) is 6.54 Å². The first-order chi connectivity index (χ1) is 8.90. The summed E-state index contributed by atoms with van der Waals surface area (Å²) in [5, 5.41) is 0.911. The largest absolute Gasteiger partial charge is 0.298 e. The molecule has 0 atom stereocenters. The highest BCUT2D eigenvalue weighted by Crippen LogP contribution is 2.17. The molecule has 1 fully saturated rings. The second-order valence-electron chi connectivity index (χ2n) is 4.38. The summed E-state index contributed by atoms with van der Waals surface area (Å²) in [5.41, 5.74) is 1.04. The molecule has 0 spiro atoms. The van der Waals surface area contributed by atoms with E-state index < -0.39 is 0 Å². The highest BCUT2D eigenvalue weighted by molar-refractivity contribution is 7.12. The van der Waals surface area contributed by atoms with E-state index in [0.717, 1.165) is 17.1 Å². The highest BCUT2D eigenvalue weighted by atomic mass is 32.1. The average Bonchev–Trinajstić information content (AvgIpc) is 2.81. The number of aromatic nitrogens is 1. The van der Waals surface area contributed by atoms with Crippen molar-refractivity contribution in [1.29, 1.82) is 0 Å². The monoisotopic (exact) mass is 254 g/mol. The molecule has 0 aliphatic carbocycles. The van der Waals surface area contributed by atoms with Crippen molar-refractivity contribution >= 4 is 11.3 Å². The molecular formula is C15H14N2S. The van der Waals surface area contributed by atoms with Gasteiger partial charge in [0.2, 0.25) is 0 Å². The first kappa shape index (κ1) is 11.5. The maximum absolute atomic E-state index is 4.36. The summed E-state index contributed by atoms with van der Waals surface area (Å²) in [6.07, 6.45) is 3.29. The van der Waals surface area contributed by atoms with Gasteiger partial charge in [0, 0.05) is 23.2 Å². The van der Waals surface area contributed by atoms with Crippen LogP contribution in [0.4, 0.5) is 0 Å². The Bertz CT molecular complexity index is 573. The van der Waals surface area contributed by atoms with E-state index in [0.29, 0.717) is 0 Å². The van der Waals surface area contributed by atoms with Crippen molar-refractivity contribution in [2.45, 2.75) is 13.0 Å². The zero-order valence-corrected chi connectivity index (χ0v) is 10.9. The van der Waals surface area contributed by atoms with Crippen molar-refractivity contribution in [3.63, 3.8) is 0 Å². The van der Waals surface area contributed by atoms with E-state index in [1.54, 1.807) is 11.3 Å². The second-order valence-corrected chi connectivity index (χ2v) is 5.49. The number of nitrogens with zero attached hydrogens (tertiary/aromatic N) is 2. The van der Waals surface area contributed by atoms with Crippen LogP contribution in [0.3, 0.4) is 0 Å². The topological polar surface area (TPSA) is 16.1 Å². The summed E-state index contributed by atoms with van der Waals surface area (Å²) < 4.78 is 0. The van der Waals surface area contributed by atoms with Gasteiger partial charge in [0.1, 0.15) is 0 Å². The Morgan fingerprint density at radius 2 is 2.00 bits per heavy atom. The fraction of sp³-hybridized carbons (Fsp3) is 0.267. The lowest BCUT2D eigenvalue weighted by atomic mass is 10.2. The molecule has 1 aromatic heterocycles. The van der Waals surface area contributed by atoms with Crippen molar-refractivity contribution in [3.8, 4) is 11.8 Å². The van der Waals surface area contributed by atoms with Gasteiger partial charge in [-0.3, -0.25) is 4.90 Å². The van der Waals surface area contributed by atoms with Crippen LogP contribution in [0, 0.1) is 11.8 Å². The van der Waals surface area contributed by atoms with Gasteiger partial charge in [-0.2, -0.15) is 0 Å². The Balaban J connectivity index is 1.68. The number of hydrogen-bond donors (Lipinski definition) is 0. The highest BCUT2D eigenvalue weighted by Gasteiger charge is 2.14. The van der Waals surface area contributed by atoms with Crippen molar-refractivity contribution < 1.29 is 0 Å². The summed E-state index contributed by atoms with van der Waals surface area (Å²) >= 11 is 1.70. The van der Waals surface area contributed by atoms with Crippen LogP contribution >= 0.6 is 11.3 Å². The first-order valence-electron chi connectivity index (χ1n) is 6.14. The van der Waals surface area contributed by atoms with Gasteiger partial charge in [0.25, 0.3) is 0 Å². The SMILES string of the molecule is C(#Cc1ncc(CN2CCC2)s1)c1ccccc1. The molecule has 2 heterocycles. The standard InChI is InChI=1S/C15H14N2S/c1-2-5-13(6-3-1)7-8-15-16-11-14(18-15)12-17-9-4-10-17/h1-3,5-6,11H,4,9-10,12H2. The minimum atomic E-state index is 0.911. The number of rotatable bonds is 2. The van der Waals surface area contributed by atoms with Crippen molar-refractivity contribution in [2.75, 3.05) is 13.1 Å². The molecule has 0 radical (unpaired) electrons. The normalized spacial score (nSPS) is 14.7. The molecule has 18 heavy (non-hydrogen) atoms. The van der Waals surface area contributed by atoms with E-state index in [9.17, 15) is 0 Å². The van der Waals surface area contributed by atoms with Crippen molar-refractivity contribution in [3.05, 3.63) is 52.0 Å². The lowest BCUT2D eigenvalue weighted by Gasteiger charge is -2.29. The van der Waals surface area contributed by atoms with E-state index in [-0.39, 0.29) is 0 Å². The molecule has 0 saturated carbocycles. The van der Waals surface area contributed by atoms with Gasteiger partial charge in [-0.1, -0.05) is 24.1 Å². The van der Waals surface area contributed by atoms with Crippen LogP contribution in [0.15, 0.2) is 36.5 Å². The molecule has 1 aliphatic rings. The minimum absolute atomic E-state index is 0.911. The van der Waals surface area contributed by atoms with Crippen LogP contribution in [-0.4, -0.2) is 23.0 Å². The van der Waals surface area contributed by atoms with E-state index in [2.05, 4.69) is 21.7 Å². The molecular weight excluding hydrogens is 240 g/mol. The minimum Gasteiger partial charge on any atom is -0.298 e. The Labute approximate surface area is 111 Å². The van der Waals surface area contributed by atoms with Gasteiger partial charge in [0.05, 0.1) is 0 Å². The molecule has 0 unspecified atom stereocenters. The predicted molar refractivity (Wildman–Crippen MR) is 74.4 cm³/mol. The van der Waals surface area contributed by atoms with Gasteiger partial charge in [-0.15, -0.1) is 11.3 Å². The van der Waals surface area contributed by atoms with Crippen molar-refractivity contribution in [1.82, 2.24) is 9.88 Å². The zero-order valence-electron chi connectivity index (χ0n) is 10.1. The Morgan fingerprint density at radius 1 is 1.17 bits per heavy atom. The Morgan fingerprint density at radius 3 is 2.72 bits per heavy atom. The molecule has 1 aromatic carbocycles. The average molecular weight is 254 g/mol. The summed E-state index contributed by atoms with van der Waals surface area (Å²) in [6, 6.07) is 10.0. The fourth-order valence-electron chi connectivity index (χ4n) is 1.85. The zero-order chi connectivity index (χ0) is 12.2. The molecule has 3 heteroatoms. The third-order valence-corrected chi connectivity index (χ3v) is 3.87. The molecule has 90 valence electrons. The third kappa shape index (κ3) is 2.79. The molecule has 1 aliphatic heterocycles. The molecule has 1 saturated heterocycles. The Kier molecular flexibility index (Phi) is 3.40. The van der Waals surface area contributed by atoms with E-state index in [1.807, 2.05) is 36.5 Å². The smallest absolute Gasteiger partial charge is 0.167 e. The van der Waals surface area contributed by atoms with Gasteiger partial charge in [-0.05, 0) is 37.6 Å². The number of hydrogen-bond acceptors (Lipinski definition) is 3. The molecule has 3 rings (SSSR count). The maximum atomic E-state index is 4.36. The van der Waals surface area contributed by atoms with Gasteiger partial charge < -0.3 is 0 Å². The molecule has 0 N–H and O–H groups in total. The predicted octanol–water partition coefficient (Wildman–Crippen LogP) is 2.75. The van der Waals surface area contributed by atoms with Crippen LogP contribution in [0.2, 0.25) is 0 Å². The molecule has 0 amide bonds. The maximum Gasteiger partial charge on any atom is 0.167 e.